The Hall–Kier alpha value is -2.07. The molecule has 2 aromatic heterocycles. The molecule has 96 valence electrons. The van der Waals surface area contributed by atoms with Gasteiger partial charge in [0.1, 0.15) is 5.65 Å². The van der Waals surface area contributed by atoms with E-state index in [1.807, 2.05) is 24.3 Å². The highest BCUT2D eigenvalue weighted by Gasteiger charge is 2.04. The summed E-state index contributed by atoms with van der Waals surface area (Å²) >= 11 is 5.84. The molecule has 0 bridgehead atoms. The summed E-state index contributed by atoms with van der Waals surface area (Å²) in [6.45, 7) is 0.606. The van der Waals surface area contributed by atoms with E-state index in [2.05, 4.69) is 9.97 Å². The van der Waals surface area contributed by atoms with E-state index >= 15 is 0 Å². The topological polar surface area (TPSA) is 50.7 Å². The minimum Gasteiger partial charge on any atom is -0.346 e. The van der Waals surface area contributed by atoms with E-state index < -0.39 is 0 Å². The largest absolute Gasteiger partial charge is 0.346 e. The molecule has 2 heterocycles. The SMILES string of the molecule is O=c1c2cc[nH]c2ncn1CCc1ccc(Cl)cc1. The second-order valence-electron chi connectivity index (χ2n) is 4.36. The Balaban J connectivity index is 1.83. The standard InChI is InChI=1S/C14H12ClN3O/c15-11-3-1-10(2-4-11)6-8-18-9-17-13-12(14(18)19)5-7-16-13/h1-5,7,9,16H,6,8H2. The van der Waals surface area contributed by atoms with Gasteiger partial charge in [-0.3, -0.25) is 9.36 Å². The lowest BCUT2D eigenvalue weighted by atomic mass is 10.1. The quantitative estimate of drug-likeness (QED) is 0.797. The molecule has 5 heteroatoms. The van der Waals surface area contributed by atoms with Gasteiger partial charge in [0.2, 0.25) is 0 Å². The maximum Gasteiger partial charge on any atom is 0.262 e. The molecule has 19 heavy (non-hydrogen) atoms. The van der Waals surface area contributed by atoms with E-state index in [1.165, 1.54) is 0 Å². The Bertz CT molecular complexity index is 758. The van der Waals surface area contributed by atoms with E-state index in [1.54, 1.807) is 23.2 Å². The number of aromatic nitrogens is 3. The number of benzene rings is 1. The summed E-state index contributed by atoms with van der Waals surface area (Å²) in [6, 6.07) is 9.40. The lowest BCUT2D eigenvalue weighted by Crippen LogP contribution is -2.21. The van der Waals surface area contributed by atoms with Crippen LogP contribution in [0.5, 0.6) is 0 Å². The first-order valence-corrected chi connectivity index (χ1v) is 6.39. The second kappa shape index (κ2) is 4.90. The van der Waals surface area contributed by atoms with Crippen molar-refractivity contribution < 1.29 is 0 Å². The highest BCUT2D eigenvalue weighted by molar-refractivity contribution is 6.30. The van der Waals surface area contributed by atoms with Crippen molar-refractivity contribution in [1.82, 2.24) is 14.5 Å². The van der Waals surface area contributed by atoms with Crippen LogP contribution in [0, 0.1) is 0 Å². The lowest BCUT2D eigenvalue weighted by Gasteiger charge is -2.05. The molecule has 0 unspecified atom stereocenters. The molecular formula is C14H12ClN3O. The molecule has 0 aliphatic heterocycles. The zero-order chi connectivity index (χ0) is 13.2. The number of H-pyrrole nitrogens is 1. The molecule has 1 N–H and O–H groups in total. The summed E-state index contributed by atoms with van der Waals surface area (Å²) < 4.78 is 1.63. The zero-order valence-electron chi connectivity index (χ0n) is 10.1. The highest BCUT2D eigenvalue weighted by Crippen LogP contribution is 2.10. The molecule has 0 radical (unpaired) electrons. The van der Waals surface area contributed by atoms with Crippen LogP contribution in [0.4, 0.5) is 0 Å². The van der Waals surface area contributed by atoms with Gasteiger partial charge in [0.15, 0.2) is 0 Å². The monoisotopic (exact) mass is 273 g/mol. The fourth-order valence-electron chi connectivity index (χ4n) is 2.03. The molecule has 3 rings (SSSR count). The Morgan fingerprint density at radius 3 is 2.79 bits per heavy atom. The Morgan fingerprint density at radius 1 is 1.21 bits per heavy atom. The van der Waals surface area contributed by atoms with E-state index in [0.29, 0.717) is 17.6 Å². The van der Waals surface area contributed by atoms with Crippen molar-refractivity contribution >= 4 is 22.6 Å². The highest BCUT2D eigenvalue weighted by atomic mass is 35.5. The van der Waals surface area contributed by atoms with Gasteiger partial charge in [0, 0.05) is 17.8 Å². The molecule has 0 aliphatic rings. The summed E-state index contributed by atoms with van der Waals surface area (Å²) in [5, 5.41) is 1.34. The van der Waals surface area contributed by atoms with Crippen LogP contribution in [-0.4, -0.2) is 14.5 Å². The number of rotatable bonds is 3. The smallest absolute Gasteiger partial charge is 0.262 e. The van der Waals surface area contributed by atoms with Gasteiger partial charge in [-0.2, -0.15) is 0 Å². The first-order chi connectivity index (χ1) is 9.24. The summed E-state index contributed by atoms with van der Waals surface area (Å²) in [6.07, 6.45) is 4.08. The molecule has 0 fully saturated rings. The van der Waals surface area contributed by atoms with E-state index in [4.69, 9.17) is 11.6 Å². The molecule has 0 atom stereocenters. The third kappa shape index (κ3) is 2.39. The third-order valence-electron chi connectivity index (χ3n) is 3.10. The van der Waals surface area contributed by atoms with Gasteiger partial charge in [-0.25, -0.2) is 4.98 Å². The number of aryl methyl sites for hydroxylation is 2. The number of hydrogen-bond acceptors (Lipinski definition) is 2. The fourth-order valence-corrected chi connectivity index (χ4v) is 2.16. The van der Waals surface area contributed by atoms with Gasteiger partial charge in [-0.15, -0.1) is 0 Å². The third-order valence-corrected chi connectivity index (χ3v) is 3.35. The zero-order valence-corrected chi connectivity index (χ0v) is 10.9. The van der Waals surface area contributed by atoms with Crippen molar-refractivity contribution in [2.24, 2.45) is 0 Å². The maximum absolute atomic E-state index is 12.1. The van der Waals surface area contributed by atoms with Gasteiger partial charge in [0.05, 0.1) is 11.7 Å². The molecule has 0 saturated heterocycles. The maximum atomic E-state index is 12.1. The number of halogens is 1. The second-order valence-corrected chi connectivity index (χ2v) is 4.80. The average molecular weight is 274 g/mol. The van der Waals surface area contributed by atoms with Crippen molar-refractivity contribution in [2.75, 3.05) is 0 Å². The van der Waals surface area contributed by atoms with E-state index in [-0.39, 0.29) is 5.56 Å². The van der Waals surface area contributed by atoms with Gasteiger partial charge in [0.25, 0.3) is 5.56 Å². The minimum atomic E-state index is -0.0137. The van der Waals surface area contributed by atoms with Crippen LogP contribution in [0.15, 0.2) is 47.7 Å². The average Bonchev–Trinajstić information content (AvgIpc) is 2.89. The Morgan fingerprint density at radius 2 is 2.00 bits per heavy atom. The number of hydrogen-bond donors (Lipinski definition) is 1. The molecular weight excluding hydrogens is 262 g/mol. The summed E-state index contributed by atoms with van der Waals surface area (Å²) in [5.74, 6) is 0. The predicted octanol–water partition coefficient (Wildman–Crippen LogP) is 2.62. The minimum absolute atomic E-state index is 0.0137. The molecule has 0 amide bonds. The van der Waals surface area contributed by atoms with Crippen molar-refractivity contribution in [2.45, 2.75) is 13.0 Å². The normalized spacial score (nSPS) is 11.0. The molecule has 3 aromatic rings. The van der Waals surface area contributed by atoms with Crippen LogP contribution in [-0.2, 0) is 13.0 Å². The fraction of sp³-hybridized carbons (Fsp3) is 0.143. The summed E-state index contributed by atoms with van der Waals surface area (Å²) in [5.41, 5.74) is 1.76. The Labute approximate surface area is 114 Å². The van der Waals surface area contributed by atoms with Crippen LogP contribution < -0.4 is 5.56 Å². The van der Waals surface area contributed by atoms with Gasteiger partial charge < -0.3 is 4.98 Å². The van der Waals surface area contributed by atoms with Crippen molar-refractivity contribution in [1.29, 1.82) is 0 Å². The van der Waals surface area contributed by atoms with Crippen LogP contribution in [0.1, 0.15) is 5.56 Å². The number of aromatic amines is 1. The van der Waals surface area contributed by atoms with Crippen LogP contribution in [0.2, 0.25) is 5.02 Å². The van der Waals surface area contributed by atoms with Crippen LogP contribution in [0.25, 0.3) is 11.0 Å². The molecule has 0 saturated carbocycles. The van der Waals surface area contributed by atoms with E-state index in [0.717, 1.165) is 17.0 Å². The van der Waals surface area contributed by atoms with Gasteiger partial charge in [-0.1, -0.05) is 23.7 Å². The first kappa shape index (κ1) is 12.0. The molecule has 4 nitrogen and oxygen atoms in total. The Kier molecular flexibility index (Phi) is 3.09. The van der Waals surface area contributed by atoms with Crippen LogP contribution >= 0.6 is 11.6 Å². The van der Waals surface area contributed by atoms with Crippen molar-refractivity contribution in [3.63, 3.8) is 0 Å². The molecule has 0 spiro atoms. The van der Waals surface area contributed by atoms with E-state index in [9.17, 15) is 4.79 Å². The molecule has 0 aliphatic carbocycles. The van der Waals surface area contributed by atoms with Gasteiger partial charge in [-0.05, 0) is 30.2 Å². The number of nitrogens with one attached hydrogen (secondary N) is 1. The molecule has 1 aromatic carbocycles. The predicted molar refractivity (Wildman–Crippen MR) is 75.5 cm³/mol. The summed E-state index contributed by atoms with van der Waals surface area (Å²) in [7, 11) is 0. The van der Waals surface area contributed by atoms with Crippen LogP contribution in [0.3, 0.4) is 0 Å². The van der Waals surface area contributed by atoms with Gasteiger partial charge >= 0.3 is 0 Å². The first-order valence-electron chi connectivity index (χ1n) is 6.01. The van der Waals surface area contributed by atoms with Crippen molar-refractivity contribution in [3.8, 4) is 0 Å². The number of nitrogens with zero attached hydrogens (tertiary/aromatic N) is 2. The summed E-state index contributed by atoms with van der Waals surface area (Å²) in [4.78, 5) is 19.3. The number of fused-ring (bicyclic) bond motifs is 1. The van der Waals surface area contributed by atoms with Crippen molar-refractivity contribution in [3.05, 3.63) is 63.8 Å². The lowest BCUT2D eigenvalue weighted by molar-refractivity contribution is 0.662.